The van der Waals surface area contributed by atoms with Gasteiger partial charge in [0.25, 0.3) is 0 Å². The van der Waals surface area contributed by atoms with Crippen molar-refractivity contribution in [3.8, 4) is 0 Å². The average molecular weight is 240 g/mol. The van der Waals surface area contributed by atoms with E-state index in [0.717, 1.165) is 23.3 Å². The lowest BCUT2D eigenvalue weighted by molar-refractivity contribution is 0.0653. The molecule has 3 fully saturated rings. The quantitative estimate of drug-likeness (QED) is 0.808. The predicted octanol–water partition coefficient (Wildman–Crippen LogP) is 1.95. The summed E-state index contributed by atoms with van der Waals surface area (Å²) in [4.78, 5) is 2.77. The Morgan fingerprint density at radius 3 is 2.75 bits per heavy atom. The second-order valence-electron chi connectivity index (χ2n) is 5.76. The molecule has 0 aromatic heterocycles. The molecule has 0 bridgehead atoms. The number of nitrogens with one attached hydrogen (secondary N) is 1. The van der Waals surface area contributed by atoms with E-state index in [9.17, 15) is 0 Å². The highest BCUT2D eigenvalue weighted by Gasteiger charge is 2.37. The molecule has 3 heteroatoms. The molecule has 1 heterocycles. The van der Waals surface area contributed by atoms with Gasteiger partial charge in [-0.05, 0) is 38.1 Å². The summed E-state index contributed by atoms with van der Waals surface area (Å²) in [7, 11) is 0. The van der Waals surface area contributed by atoms with Gasteiger partial charge in [-0.25, -0.2) is 0 Å². The van der Waals surface area contributed by atoms with Crippen LogP contribution in [0.3, 0.4) is 0 Å². The summed E-state index contributed by atoms with van der Waals surface area (Å²) in [5.41, 5.74) is 0. The Balaban J connectivity index is 1.45. The number of hydrogen-bond donors (Lipinski definition) is 1. The number of hydrogen-bond acceptors (Lipinski definition) is 3. The van der Waals surface area contributed by atoms with Crippen molar-refractivity contribution in [2.24, 2.45) is 5.92 Å². The van der Waals surface area contributed by atoms with Crippen LogP contribution in [0.1, 0.15) is 32.6 Å². The van der Waals surface area contributed by atoms with E-state index < -0.39 is 0 Å². The Morgan fingerprint density at radius 2 is 2.12 bits per heavy atom. The van der Waals surface area contributed by atoms with E-state index in [0.29, 0.717) is 0 Å². The molecule has 0 amide bonds. The van der Waals surface area contributed by atoms with Gasteiger partial charge < -0.3 is 5.32 Å². The molecule has 0 spiro atoms. The normalized spacial score (nSPS) is 40.7. The summed E-state index contributed by atoms with van der Waals surface area (Å²) in [6, 6.07) is 1.80. The summed E-state index contributed by atoms with van der Waals surface area (Å²) in [6.07, 6.45) is 5.76. The highest BCUT2D eigenvalue weighted by atomic mass is 32.2. The molecule has 3 atom stereocenters. The van der Waals surface area contributed by atoms with Gasteiger partial charge in [0, 0.05) is 36.2 Å². The van der Waals surface area contributed by atoms with Gasteiger partial charge in [-0.2, -0.15) is 11.8 Å². The van der Waals surface area contributed by atoms with Crippen LogP contribution in [0.25, 0.3) is 0 Å². The first-order valence-corrected chi connectivity index (χ1v) is 7.97. The van der Waals surface area contributed by atoms with Crippen LogP contribution in [0.2, 0.25) is 0 Å². The molecule has 16 heavy (non-hydrogen) atoms. The van der Waals surface area contributed by atoms with Crippen LogP contribution in [-0.4, -0.2) is 47.6 Å². The molecular formula is C13H24N2S. The van der Waals surface area contributed by atoms with Gasteiger partial charge in [0.2, 0.25) is 0 Å². The minimum absolute atomic E-state index is 0.853. The predicted molar refractivity (Wildman–Crippen MR) is 71.0 cm³/mol. The Labute approximate surface area is 104 Å². The van der Waals surface area contributed by atoms with E-state index in [4.69, 9.17) is 0 Å². The van der Waals surface area contributed by atoms with Crippen LogP contribution in [0, 0.1) is 5.92 Å². The zero-order valence-corrected chi connectivity index (χ0v) is 11.1. The number of thioether (sulfide) groups is 1. The zero-order valence-electron chi connectivity index (χ0n) is 10.3. The van der Waals surface area contributed by atoms with E-state index in [2.05, 4.69) is 28.9 Å². The summed E-state index contributed by atoms with van der Waals surface area (Å²) in [6.45, 7) is 6.33. The third-order valence-corrected chi connectivity index (χ3v) is 5.50. The fourth-order valence-electron chi connectivity index (χ4n) is 3.02. The summed E-state index contributed by atoms with van der Waals surface area (Å²) in [5, 5.41) is 4.56. The van der Waals surface area contributed by atoms with Crippen LogP contribution in [0.4, 0.5) is 0 Å². The third-order valence-electron chi connectivity index (χ3n) is 4.36. The first-order valence-electron chi connectivity index (χ1n) is 6.92. The fraction of sp³-hybridized carbons (Fsp3) is 1.00. The molecule has 2 aliphatic carbocycles. The number of rotatable bonds is 4. The molecule has 2 nitrogen and oxygen atoms in total. The zero-order chi connectivity index (χ0) is 11.0. The smallest absolute Gasteiger partial charge is 0.0147 e. The fourth-order valence-corrected chi connectivity index (χ4v) is 4.06. The molecule has 2 saturated carbocycles. The van der Waals surface area contributed by atoms with Crippen molar-refractivity contribution in [2.75, 3.05) is 25.4 Å². The van der Waals surface area contributed by atoms with Gasteiger partial charge in [0.15, 0.2) is 0 Å². The Morgan fingerprint density at radius 1 is 1.25 bits per heavy atom. The largest absolute Gasteiger partial charge is 0.314 e. The van der Waals surface area contributed by atoms with Crippen LogP contribution >= 0.6 is 11.8 Å². The summed E-state index contributed by atoms with van der Waals surface area (Å²) < 4.78 is 0. The van der Waals surface area contributed by atoms with Gasteiger partial charge in [0.1, 0.15) is 0 Å². The highest BCUT2D eigenvalue weighted by molar-refractivity contribution is 7.99. The van der Waals surface area contributed by atoms with Gasteiger partial charge in [0.05, 0.1) is 0 Å². The topological polar surface area (TPSA) is 15.3 Å². The second-order valence-corrected chi connectivity index (χ2v) is 7.31. The van der Waals surface area contributed by atoms with E-state index in [1.165, 1.54) is 51.1 Å². The lowest BCUT2D eigenvalue weighted by atomic mass is 9.78. The standard InChI is InChI=1S/C13H24N2S/c1-10-9-15(6-7-16-10)13-5-2-11(13)8-14-12-3-4-12/h10-14H,2-9H2,1H3. The van der Waals surface area contributed by atoms with Gasteiger partial charge in [-0.15, -0.1) is 0 Å². The molecule has 1 N–H and O–H groups in total. The monoisotopic (exact) mass is 240 g/mol. The maximum atomic E-state index is 3.71. The average Bonchev–Trinajstić information content (AvgIpc) is 3.00. The van der Waals surface area contributed by atoms with Crippen molar-refractivity contribution < 1.29 is 0 Å². The molecule has 3 rings (SSSR count). The van der Waals surface area contributed by atoms with Gasteiger partial charge in [-0.1, -0.05) is 6.92 Å². The first-order chi connectivity index (χ1) is 7.83. The SMILES string of the molecule is CC1CN(C2CCC2CNC2CC2)CCS1. The van der Waals surface area contributed by atoms with Crippen LogP contribution < -0.4 is 5.32 Å². The lowest BCUT2D eigenvalue weighted by Crippen LogP contribution is -2.54. The molecule has 0 aromatic rings. The Kier molecular flexibility index (Phi) is 3.46. The maximum Gasteiger partial charge on any atom is 0.0147 e. The van der Waals surface area contributed by atoms with Crippen molar-refractivity contribution in [2.45, 2.75) is 49.9 Å². The third kappa shape index (κ3) is 2.57. The highest BCUT2D eigenvalue weighted by Crippen LogP contribution is 2.35. The molecule has 0 aromatic carbocycles. The number of nitrogens with zero attached hydrogens (tertiary/aromatic N) is 1. The lowest BCUT2D eigenvalue weighted by Gasteiger charge is -2.47. The Bertz CT molecular complexity index is 242. The molecule has 1 aliphatic heterocycles. The van der Waals surface area contributed by atoms with Gasteiger partial charge in [-0.3, -0.25) is 4.90 Å². The van der Waals surface area contributed by atoms with E-state index in [1.54, 1.807) is 0 Å². The van der Waals surface area contributed by atoms with Crippen molar-refractivity contribution in [1.29, 1.82) is 0 Å². The van der Waals surface area contributed by atoms with Crippen LogP contribution in [0.5, 0.6) is 0 Å². The minimum Gasteiger partial charge on any atom is -0.314 e. The summed E-state index contributed by atoms with van der Waals surface area (Å²) >= 11 is 2.15. The van der Waals surface area contributed by atoms with Crippen LogP contribution in [-0.2, 0) is 0 Å². The molecule has 1 saturated heterocycles. The minimum atomic E-state index is 0.853. The molecule has 92 valence electrons. The molecule has 3 aliphatic rings. The van der Waals surface area contributed by atoms with E-state index in [1.807, 2.05) is 0 Å². The first kappa shape index (κ1) is 11.4. The van der Waals surface area contributed by atoms with Crippen molar-refractivity contribution in [3.63, 3.8) is 0 Å². The van der Waals surface area contributed by atoms with Gasteiger partial charge >= 0.3 is 0 Å². The van der Waals surface area contributed by atoms with Crippen molar-refractivity contribution in [1.82, 2.24) is 10.2 Å². The molecule has 0 radical (unpaired) electrons. The Hall–Kier alpha value is 0.270. The van der Waals surface area contributed by atoms with Crippen molar-refractivity contribution in [3.05, 3.63) is 0 Å². The summed E-state index contributed by atoms with van der Waals surface area (Å²) in [5.74, 6) is 2.30. The maximum absolute atomic E-state index is 3.71. The van der Waals surface area contributed by atoms with Crippen LogP contribution in [0.15, 0.2) is 0 Å². The van der Waals surface area contributed by atoms with Crippen molar-refractivity contribution >= 4 is 11.8 Å². The van der Waals surface area contributed by atoms with E-state index in [-0.39, 0.29) is 0 Å². The van der Waals surface area contributed by atoms with E-state index >= 15 is 0 Å². The molecular weight excluding hydrogens is 216 g/mol. The molecule has 3 unspecified atom stereocenters. The second kappa shape index (κ2) is 4.87.